The van der Waals surface area contributed by atoms with Gasteiger partial charge in [0.25, 0.3) is 0 Å². The zero-order chi connectivity index (χ0) is 12.8. The molecule has 0 aromatic rings. The molecule has 0 saturated heterocycles. The Labute approximate surface area is 97.2 Å². The SMILES string of the molecule is C=CC(CC)(C(=C)C(=O)OCCO)N(C)C. The van der Waals surface area contributed by atoms with Crippen LogP contribution in [0.15, 0.2) is 24.8 Å². The fraction of sp³-hybridized carbons (Fsp3) is 0.583. The van der Waals surface area contributed by atoms with Gasteiger partial charge in [0.05, 0.1) is 17.7 Å². The third-order valence-electron chi connectivity index (χ3n) is 2.77. The van der Waals surface area contributed by atoms with E-state index >= 15 is 0 Å². The molecule has 1 unspecified atom stereocenters. The highest BCUT2D eigenvalue weighted by molar-refractivity contribution is 5.91. The monoisotopic (exact) mass is 227 g/mol. The van der Waals surface area contributed by atoms with Crippen LogP contribution in [0.2, 0.25) is 0 Å². The molecule has 4 heteroatoms. The minimum Gasteiger partial charge on any atom is -0.460 e. The summed E-state index contributed by atoms with van der Waals surface area (Å²) >= 11 is 0. The molecule has 0 fully saturated rings. The van der Waals surface area contributed by atoms with Crippen molar-refractivity contribution >= 4 is 5.97 Å². The third kappa shape index (κ3) is 2.93. The first-order valence-electron chi connectivity index (χ1n) is 5.24. The van der Waals surface area contributed by atoms with E-state index in [9.17, 15) is 4.79 Å². The Bertz CT molecular complexity index is 273. The second-order valence-corrected chi connectivity index (χ2v) is 3.71. The summed E-state index contributed by atoms with van der Waals surface area (Å²) < 4.78 is 4.85. The Morgan fingerprint density at radius 1 is 1.56 bits per heavy atom. The van der Waals surface area contributed by atoms with Crippen LogP contribution in [0.3, 0.4) is 0 Å². The Kier molecular flexibility index (Phi) is 6.00. The normalized spacial score (nSPS) is 14.3. The fourth-order valence-electron chi connectivity index (χ4n) is 1.65. The van der Waals surface area contributed by atoms with Crippen LogP contribution in [0.4, 0.5) is 0 Å². The number of likely N-dealkylation sites (N-methyl/N-ethyl adjacent to an activating group) is 1. The Morgan fingerprint density at radius 3 is 2.44 bits per heavy atom. The second-order valence-electron chi connectivity index (χ2n) is 3.71. The van der Waals surface area contributed by atoms with Crippen molar-refractivity contribution in [2.75, 3.05) is 27.3 Å². The number of esters is 1. The van der Waals surface area contributed by atoms with Gasteiger partial charge in [0, 0.05) is 0 Å². The van der Waals surface area contributed by atoms with E-state index in [1.54, 1.807) is 6.08 Å². The molecule has 0 aromatic carbocycles. The topological polar surface area (TPSA) is 49.8 Å². The highest BCUT2D eigenvalue weighted by Gasteiger charge is 2.35. The van der Waals surface area contributed by atoms with Crippen LogP contribution in [0.5, 0.6) is 0 Å². The Hall–Kier alpha value is -1.13. The van der Waals surface area contributed by atoms with Crippen molar-refractivity contribution in [3.8, 4) is 0 Å². The van der Waals surface area contributed by atoms with Crippen LogP contribution in [0, 0.1) is 0 Å². The third-order valence-corrected chi connectivity index (χ3v) is 2.77. The molecule has 0 spiro atoms. The summed E-state index contributed by atoms with van der Waals surface area (Å²) in [6, 6.07) is 0. The van der Waals surface area contributed by atoms with Gasteiger partial charge >= 0.3 is 5.97 Å². The number of hydrogen-bond acceptors (Lipinski definition) is 4. The zero-order valence-corrected chi connectivity index (χ0v) is 10.3. The Balaban J connectivity index is 4.88. The number of aliphatic hydroxyl groups is 1. The first-order chi connectivity index (χ1) is 7.46. The highest BCUT2D eigenvalue weighted by atomic mass is 16.5. The Morgan fingerprint density at radius 2 is 2.12 bits per heavy atom. The standard InChI is InChI=1S/C12H21NO3/c1-6-12(7-2,13(4)5)10(3)11(15)16-9-8-14/h6,14H,1,3,7-9H2,2,4-5H3. The highest BCUT2D eigenvalue weighted by Crippen LogP contribution is 2.27. The summed E-state index contributed by atoms with van der Waals surface area (Å²) in [4.78, 5) is 13.5. The van der Waals surface area contributed by atoms with Crippen LogP contribution < -0.4 is 0 Å². The van der Waals surface area contributed by atoms with Crippen LogP contribution in [0.25, 0.3) is 0 Å². The maximum atomic E-state index is 11.7. The van der Waals surface area contributed by atoms with Crippen molar-refractivity contribution < 1.29 is 14.6 Å². The molecular formula is C12H21NO3. The van der Waals surface area contributed by atoms with Gasteiger partial charge in [-0.15, -0.1) is 6.58 Å². The van der Waals surface area contributed by atoms with E-state index in [1.165, 1.54) is 0 Å². The summed E-state index contributed by atoms with van der Waals surface area (Å²) in [5.41, 5.74) is -0.254. The van der Waals surface area contributed by atoms with Crippen molar-refractivity contribution in [3.05, 3.63) is 24.8 Å². The van der Waals surface area contributed by atoms with E-state index in [4.69, 9.17) is 9.84 Å². The summed E-state index contributed by atoms with van der Waals surface area (Å²) in [5, 5.41) is 8.59. The molecular weight excluding hydrogens is 206 g/mol. The van der Waals surface area contributed by atoms with E-state index in [-0.39, 0.29) is 13.2 Å². The van der Waals surface area contributed by atoms with Gasteiger partial charge in [-0.2, -0.15) is 0 Å². The summed E-state index contributed by atoms with van der Waals surface area (Å²) in [6.45, 7) is 9.28. The molecule has 0 rings (SSSR count). The largest absolute Gasteiger partial charge is 0.460 e. The van der Waals surface area contributed by atoms with E-state index in [2.05, 4.69) is 13.2 Å². The van der Waals surface area contributed by atoms with Crippen molar-refractivity contribution in [2.24, 2.45) is 0 Å². The molecule has 1 atom stereocenters. The van der Waals surface area contributed by atoms with E-state index < -0.39 is 11.5 Å². The predicted molar refractivity (Wildman–Crippen MR) is 64.1 cm³/mol. The van der Waals surface area contributed by atoms with Gasteiger partial charge in [0.2, 0.25) is 0 Å². The number of ether oxygens (including phenoxy) is 1. The predicted octanol–water partition coefficient (Wildman–Crippen LogP) is 0.974. The average Bonchev–Trinajstić information content (AvgIpc) is 2.27. The first kappa shape index (κ1) is 14.9. The molecule has 0 bridgehead atoms. The van der Waals surface area contributed by atoms with Crippen LogP contribution in [0.1, 0.15) is 13.3 Å². The summed E-state index contributed by atoms with van der Waals surface area (Å²) in [5.74, 6) is -0.496. The maximum Gasteiger partial charge on any atom is 0.335 e. The first-order valence-corrected chi connectivity index (χ1v) is 5.24. The number of hydrogen-bond donors (Lipinski definition) is 1. The van der Waals surface area contributed by atoms with Gasteiger partial charge in [-0.25, -0.2) is 4.79 Å². The average molecular weight is 227 g/mol. The second kappa shape index (κ2) is 6.45. The van der Waals surface area contributed by atoms with Crippen LogP contribution in [-0.2, 0) is 9.53 Å². The molecule has 0 heterocycles. The smallest absolute Gasteiger partial charge is 0.335 e. The lowest BCUT2D eigenvalue weighted by Gasteiger charge is -2.37. The lowest BCUT2D eigenvalue weighted by atomic mass is 9.86. The van der Waals surface area contributed by atoms with Gasteiger partial charge < -0.3 is 9.84 Å². The van der Waals surface area contributed by atoms with E-state index in [0.29, 0.717) is 12.0 Å². The molecule has 0 aromatic heterocycles. The quantitative estimate of drug-likeness (QED) is 0.400. The molecule has 0 saturated carbocycles. The number of rotatable bonds is 7. The summed E-state index contributed by atoms with van der Waals surface area (Å²) in [6.07, 6.45) is 2.37. The molecule has 0 amide bonds. The number of carbonyl (C=O) groups is 1. The van der Waals surface area contributed by atoms with Crippen molar-refractivity contribution in [1.82, 2.24) is 4.90 Å². The lowest BCUT2D eigenvalue weighted by molar-refractivity contribution is -0.141. The molecule has 0 aliphatic rings. The van der Waals surface area contributed by atoms with Gasteiger partial charge in [-0.1, -0.05) is 19.6 Å². The molecule has 1 N–H and O–H groups in total. The molecule has 0 aliphatic heterocycles. The van der Waals surface area contributed by atoms with E-state index in [1.807, 2.05) is 25.9 Å². The fourth-order valence-corrected chi connectivity index (χ4v) is 1.65. The molecule has 92 valence electrons. The van der Waals surface area contributed by atoms with Gasteiger partial charge in [-0.05, 0) is 20.5 Å². The lowest BCUT2D eigenvalue weighted by Crippen LogP contribution is -2.45. The number of aliphatic hydroxyl groups excluding tert-OH is 1. The summed E-state index contributed by atoms with van der Waals surface area (Å²) in [7, 11) is 3.71. The van der Waals surface area contributed by atoms with Crippen molar-refractivity contribution in [3.63, 3.8) is 0 Å². The minimum atomic E-state index is -0.591. The molecule has 16 heavy (non-hydrogen) atoms. The zero-order valence-electron chi connectivity index (χ0n) is 10.3. The van der Waals surface area contributed by atoms with Crippen molar-refractivity contribution in [1.29, 1.82) is 0 Å². The molecule has 4 nitrogen and oxygen atoms in total. The van der Waals surface area contributed by atoms with Crippen LogP contribution >= 0.6 is 0 Å². The van der Waals surface area contributed by atoms with Gasteiger partial charge in [0.1, 0.15) is 6.61 Å². The molecule has 0 aliphatic carbocycles. The van der Waals surface area contributed by atoms with Gasteiger partial charge in [-0.3, -0.25) is 4.90 Å². The van der Waals surface area contributed by atoms with Crippen LogP contribution in [-0.4, -0.2) is 48.8 Å². The number of carbonyl (C=O) groups excluding carboxylic acids is 1. The minimum absolute atomic E-state index is 0.0117. The van der Waals surface area contributed by atoms with Crippen molar-refractivity contribution in [2.45, 2.75) is 18.9 Å². The van der Waals surface area contributed by atoms with Gasteiger partial charge in [0.15, 0.2) is 0 Å². The maximum absolute atomic E-state index is 11.7. The molecule has 0 radical (unpaired) electrons. The number of nitrogens with zero attached hydrogens (tertiary/aromatic N) is 1. The van der Waals surface area contributed by atoms with E-state index in [0.717, 1.165) is 0 Å².